The van der Waals surface area contributed by atoms with Gasteiger partial charge in [-0.15, -0.1) is 0 Å². The van der Waals surface area contributed by atoms with E-state index in [4.69, 9.17) is 25.2 Å². The Morgan fingerprint density at radius 1 is 0.480 bits per heavy atom. The van der Waals surface area contributed by atoms with Gasteiger partial charge >= 0.3 is 0 Å². The first-order valence-electron chi connectivity index (χ1n) is 9.73. The van der Waals surface area contributed by atoms with Gasteiger partial charge in [-0.2, -0.15) is 0 Å². The van der Waals surface area contributed by atoms with Crippen LogP contribution in [-0.2, 0) is 4.74 Å². The maximum Gasteiger partial charge on any atom is 0.0893 e. The zero-order valence-corrected chi connectivity index (χ0v) is 15.7. The van der Waals surface area contributed by atoms with Crippen molar-refractivity contribution >= 4 is 0 Å². The first kappa shape index (κ1) is 24.1. The lowest BCUT2D eigenvalue weighted by Gasteiger charge is -2.09. The number of hydrogen-bond acceptors (Lipinski definition) is 5. The Hall–Kier alpha value is -0.880. The van der Waals surface area contributed by atoms with Crippen molar-refractivity contribution in [2.75, 3.05) is 26.4 Å². The summed E-state index contributed by atoms with van der Waals surface area (Å²) in [5.41, 5.74) is 2.42. The molecule has 5 nitrogen and oxygen atoms in total. The van der Waals surface area contributed by atoms with Crippen molar-refractivity contribution in [3.05, 3.63) is 23.7 Å². The molecular formula is C20H38O5. The van der Waals surface area contributed by atoms with E-state index in [9.17, 15) is 0 Å². The molecule has 0 spiro atoms. The van der Waals surface area contributed by atoms with E-state index in [1.807, 2.05) is 12.5 Å². The lowest BCUT2D eigenvalue weighted by molar-refractivity contribution is 0.281. The van der Waals surface area contributed by atoms with Gasteiger partial charge in [-0.05, 0) is 88.2 Å². The minimum absolute atomic E-state index is 0.213. The molecule has 0 unspecified atom stereocenters. The summed E-state index contributed by atoms with van der Waals surface area (Å²) in [5.74, 6) is 0. The molecule has 0 radical (unpaired) electrons. The largest absolute Gasteiger partial charge is 0.473 e. The molecule has 25 heavy (non-hydrogen) atoms. The van der Waals surface area contributed by atoms with Gasteiger partial charge in [0.1, 0.15) is 0 Å². The number of rotatable bonds is 18. The Kier molecular flexibility index (Phi) is 18.8. The van der Waals surface area contributed by atoms with Crippen LogP contribution in [0.5, 0.6) is 0 Å². The van der Waals surface area contributed by atoms with Gasteiger partial charge in [0.05, 0.1) is 12.5 Å². The van der Waals surface area contributed by atoms with E-state index in [0.29, 0.717) is 0 Å². The maximum atomic E-state index is 8.92. The van der Waals surface area contributed by atoms with Crippen LogP contribution in [0.1, 0.15) is 77.0 Å². The number of unbranched alkanes of at least 4 members (excludes halogenated alkanes) is 4. The lowest BCUT2D eigenvalue weighted by atomic mass is 10.0. The normalized spacial score (nSPS) is 10.6. The molecule has 0 aromatic carbocycles. The monoisotopic (exact) mass is 358 g/mol. The molecule has 0 atom stereocenters. The fraction of sp³-hybridized carbons (Fsp3) is 0.800. The summed E-state index contributed by atoms with van der Waals surface area (Å²) in [7, 11) is 0. The smallest absolute Gasteiger partial charge is 0.0893 e. The molecule has 0 amide bonds. The first-order chi connectivity index (χ1) is 12.3. The van der Waals surface area contributed by atoms with Crippen molar-refractivity contribution in [2.45, 2.75) is 77.0 Å². The van der Waals surface area contributed by atoms with E-state index < -0.39 is 0 Å². The van der Waals surface area contributed by atoms with Crippen molar-refractivity contribution in [3.63, 3.8) is 0 Å². The summed E-state index contributed by atoms with van der Waals surface area (Å²) in [6.07, 6.45) is 14.2. The van der Waals surface area contributed by atoms with Gasteiger partial charge in [-0.3, -0.25) is 0 Å². The number of aliphatic hydroxyl groups is 4. The zero-order valence-electron chi connectivity index (χ0n) is 15.7. The average Bonchev–Trinajstić information content (AvgIpc) is 2.61. The summed E-state index contributed by atoms with van der Waals surface area (Å²) in [6.45, 7) is 0.851. The van der Waals surface area contributed by atoms with E-state index in [1.165, 1.54) is 11.1 Å². The van der Waals surface area contributed by atoms with Crippen molar-refractivity contribution < 1.29 is 25.2 Å². The Bertz CT molecular complexity index is 283. The second-order valence-corrected chi connectivity index (χ2v) is 6.41. The predicted octanol–water partition coefficient (Wildman–Crippen LogP) is 3.42. The maximum absolute atomic E-state index is 8.92. The molecule has 0 aromatic heterocycles. The first-order valence-corrected chi connectivity index (χ1v) is 9.73. The summed E-state index contributed by atoms with van der Waals surface area (Å²) >= 11 is 0. The molecule has 0 aliphatic heterocycles. The Morgan fingerprint density at radius 2 is 0.760 bits per heavy atom. The van der Waals surface area contributed by atoms with E-state index >= 15 is 0 Å². The third-order valence-electron chi connectivity index (χ3n) is 4.09. The van der Waals surface area contributed by atoms with Crippen LogP contribution in [-0.4, -0.2) is 46.9 Å². The summed E-state index contributed by atoms with van der Waals surface area (Å²) in [4.78, 5) is 0. The van der Waals surface area contributed by atoms with Crippen molar-refractivity contribution in [1.82, 2.24) is 0 Å². The van der Waals surface area contributed by atoms with Gasteiger partial charge in [0.15, 0.2) is 0 Å². The minimum Gasteiger partial charge on any atom is -0.473 e. The second kappa shape index (κ2) is 19.4. The average molecular weight is 359 g/mol. The van der Waals surface area contributed by atoms with Crippen molar-refractivity contribution in [3.8, 4) is 0 Å². The van der Waals surface area contributed by atoms with Gasteiger partial charge < -0.3 is 25.2 Å². The van der Waals surface area contributed by atoms with Gasteiger partial charge in [0.2, 0.25) is 0 Å². The van der Waals surface area contributed by atoms with E-state index in [0.717, 1.165) is 77.0 Å². The quantitative estimate of drug-likeness (QED) is 0.223. The molecule has 0 heterocycles. The molecule has 0 bridgehead atoms. The minimum atomic E-state index is 0.213. The predicted molar refractivity (Wildman–Crippen MR) is 101 cm³/mol. The van der Waals surface area contributed by atoms with Crippen molar-refractivity contribution in [1.29, 1.82) is 0 Å². The number of ether oxygens (including phenoxy) is 1. The summed E-state index contributed by atoms with van der Waals surface area (Å²) in [6, 6.07) is 0. The molecule has 0 fully saturated rings. The van der Waals surface area contributed by atoms with E-state index in [-0.39, 0.29) is 26.4 Å². The second-order valence-electron chi connectivity index (χ2n) is 6.41. The summed E-state index contributed by atoms with van der Waals surface area (Å²) < 4.78 is 5.71. The highest BCUT2D eigenvalue weighted by Crippen LogP contribution is 2.18. The fourth-order valence-electron chi connectivity index (χ4n) is 2.57. The number of allylic oxidation sites excluding steroid dienone is 2. The molecule has 0 saturated heterocycles. The molecular weight excluding hydrogens is 320 g/mol. The standard InChI is InChI=1S/C20H38O5/c21-13-5-1-9-19(10-2-6-14-22)17-25-18-20(11-3-7-15-23)12-4-8-16-24/h17-18,21-24H,1-16H2. The molecule has 5 heteroatoms. The van der Waals surface area contributed by atoms with Crippen LogP contribution in [0.3, 0.4) is 0 Å². The van der Waals surface area contributed by atoms with Crippen LogP contribution in [0, 0.1) is 0 Å². The molecule has 148 valence electrons. The van der Waals surface area contributed by atoms with Crippen LogP contribution in [0.15, 0.2) is 23.7 Å². The van der Waals surface area contributed by atoms with Gasteiger partial charge in [0.25, 0.3) is 0 Å². The highest BCUT2D eigenvalue weighted by Gasteiger charge is 2.01. The Labute approximate surface area is 153 Å². The molecule has 0 aliphatic carbocycles. The molecule has 0 rings (SSSR count). The fourth-order valence-corrected chi connectivity index (χ4v) is 2.57. The lowest BCUT2D eigenvalue weighted by Crippen LogP contribution is -1.93. The van der Waals surface area contributed by atoms with Crippen LogP contribution >= 0.6 is 0 Å². The number of hydrogen-bond donors (Lipinski definition) is 4. The van der Waals surface area contributed by atoms with Crippen LogP contribution in [0.4, 0.5) is 0 Å². The zero-order chi connectivity index (χ0) is 18.6. The third kappa shape index (κ3) is 16.3. The molecule has 0 aliphatic rings. The molecule has 0 saturated carbocycles. The van der Waals surface area contributed by atoms with Crippen LogP contribution < -0.4 is 0 Å². The van der Waals surface area contributed by atoms with E-state index in [1.54, 1.807) is 0 Å². The highest BCUT2D eigenvalue weighted by atomic mass is 16.5. The highest BCUT2D eigenvalue weighted by molar-refractivity contribution is 5.02. The number of aliphatic hydroxyl groups excluding tert-OH is 4. The van der Waals surface area contributed by atoms with Gasteiger partial charge in [0, 0.05) is 26.4 Å². The van der Waals surface area contributed by atoms with Gasteiger partial charge in [-0.25, -0.2) is 0 Å². The van der Waals surface area contributed by atoms with Crippen LogP contribution in [0.2, 0.25) is 0 Å². The Morgan fingerprint density at radius 3 is 1.00 bits per heavy atom. The van der Waals surface area contributed by atoms with Gasteiger partial charge in [-0.1, -0.05) is 0 Å². The Balaban J connectivity index is 4.54. The topological polar surface area (TPSA) is 90.2 Å². The third-order valence-corrected chi connectivity index (χ3v) is 4.09. The van der Waals surface area contributed by atoms with Crippen molar-refractivity contribution in [2.24, 2.45) is 0 Å². The van der Waals surface area contributed by atoms with E-state index in [2.05, 4.69) is 0 Å². The molecule has 0 aromatic rings. The summed E-state index contributed by atoms with van der Waals surface area (Å²) in [5, 5.41) is 35.7. The van der Waals surface area contributed by atoms with Crippen LogP contribution in [0.25, 0.3) is 0 Å². The molecule has 4 N–H and O–H groups in total. The SMILES string of the molecule is OCCCCC(=COC=C(CCCCO)CCCCO)CCCCO.